The first-order valence-electron chi connectivity index (χ1n) is 7.14. The molecule has 0 amide bonds. The van der Waals surface area contributed by atoms with E-state index < -0.39 is 0 Å². The van der Waals surface area contributed by atoms with Gasteiger partial charge in [0, 0.05) is 32.1 Å². The van der Waals surface area contributed by atoms with Crippen LogP contribution in [0.2, 0.25) is 0 Å². The van der Waals surface area contributed by atoms with Crippen molar-refractivity contribution in [1.29, 1.82) is 0 Å². The maximum atomic E-state index is 5.48. The van der Waals surface area contributed by atoms with E-state index >= 15 is 0 Å². The SMILES string of the molecule is CCNC(c1ccn(CCOCCOC)c1)C(C)C. The molecule has 1 N–H and O–H groups in total. The lowest BCUT2D eigenvalue weighted by atomic mass is 9.98. The molecule has 0 aliphatic rings. The van der Waals surface area contributed by atoms with E-state index in [0.29, 0.717) is 25.2 Å². The third kappa shape index (κ3) is 5.76. The Labute approximate surface area is 117 Å². The lowest BCUT2D eigenvalue weighted by Crippen LogP contribution is -2.25. The summed E-state index contributed by atoms with van der Waals surface area (Å²) in [5.74, 6) is 0.591. The summed E-state index contributed by atoms with van der Waals surface area (Å²) >= 11 is 0. The summed E-state index contributed by atoms with van der Waals surface area (Å²) in [4.78, 5) is 0. The van der Waals surface area contributed by atoms with Crippen LogP contribution in [0.3, 0.4) is 0 Å². The van der Waals surface area contributed by atoms with Gasteiger partial charge in [0.2, 0.25) is 0 Å². The zero-order valence-electron chi connectivity index (χ0n) is 12.7. The summed E-state index contributed by atoms with van der Waals surface area (Å²) in [6, 6.07) is 2.63. The van der Waals surface area contributed by atoms with Crippen molar-refractivity contribution in [3.05, 3.63) is 24.0 Å². The van der Waals surface area contributed by atoms with E-state index in [-0.39, 0.29) is 0 Å². The Kier molecular flexibility index (Phi) is 7.79. The van der Waals surface area contributed by atoms with Crippen LogP contribution >= 0.6 is 0 Å². The average molecular weight is 268 g/mol. The first-order valence-corrected chi connectivity index (χ1v) is 7.14. The molecule has 0 radical (unpaired) electrons. The van der Waals surface area contributed by atoms with Crippen LogP contribution in [0.25, 0.3) is 0 Å². The maximum absolute atomic E-state index is 5.48. The molecule has 0 spiro atoms. The van der Waals surface area contributed by atoms with Crippen molar-refractivity contribution in [1.82, 2.24) is 9.88 Å². The van der Waals surface area contributed by atoms with Crippen LogP contribution in [-0.4, -0.2) is 38.0 Å². The van der Waals surface area contributed by atoms with Crippen molar-refractivity contribution in [3.63, 3.8) is 0 Å². The highest BCUT2D eigenvalue weighted by molar-refractivity contribution is 5.16. The van der Waals surface area contributed by atoms with E-state index in [4.69, 9.17) is 9.47 Å². The number of ether oxygens (including phenoxy) is 2. The average Bonchev–Trinajstić information content (AvgIpc) is 2.83. The van der Waals surface area contributed by atoms with Crippen LogP contribution in [0.4, 0.5) is 0 Å². The third-order valence-electron chi connectivity index (χ3n) is 3.15. The molecule has 1 atom stereocenters. The number of nitrogens with zero attached hydrogens (tertiary/aromatic N) is 1. The highest BCUT2D eigenvalue weighted by atomic mass is 16.5. The molecule has 4 nitrogen and oxygen atoms in total. The molecule has 0 aromatic carbocycles. The van der Waals surface area contributed by atoms with Gasteiger partial charge in [-0.15, -0.1) is 0 Å². The molecule has 1 rings (SSSR count). The van der Waals surface area contributed by atoms with Crippen LogP contribution in [0.1, 0.15) is 32.4 Å². The van der Waals surface area contributed by atoms with Gasteiger partial charge in [-0.05, 0) is 24.1 Å². The Hall–Kier alpha value is -0.840. The minimum absolute atomic E-state index is 0.431. The second kappa shape index (κ2) is 9.13. The Bertz CT molecular complexity index is 337. The van der Waals surface area contributed by atoms with Gasteiger partial charge in [-0.3, -0.25) is 0 Å². The van der Waals surface area contributed by atoms with Crippen LogP contribution < -0.4 is 5.32 Å². The topological polar surface area (TPSA) is 35.4 Å². The van der Waals surface area contributed by atoms with Crippen molar-refractivity contribution in [2.24, 2.45) is 5.92 Å². The van der Waals surface area contributed by atoms with Gasteiger partial charge < -0.3 is 19.4 Å². The summed E-state index contributed by atoms with van der Waals surface area (Å²) in [6.07, 6.45) is 4.34. The normalized spacial score (nSPS) is 13.1. The minimum Gasteiger partial charge on any atom is -0.382 e. The molecule has 4 heteroatoms. The second-order valence-electron chi connectivity index (χ2n) is 5.07. The van der Waals surface area contributed by atoms with Gasteiger partial charge in [-0.2, -0.15) is 0 Å². The zero-order chi connectivity index (χ0) is 14.1. The molecule has 19 heavy (non-hydrogen) atoms. The number of nitrogens with one attached hydrogen (secondary N) is 1. The minimum atomic E-state index is 0.431. The monoisotopic (exact) mass is 268 g/mol. The quantitative estimate of drug-likeness (QED) is 0.662. The summed E-state index contributed by atoms with van der Waals surface area (Å²) in [5.41, 5.74) is 1.36. The fourth-order valence-electron chi connectivity index (χ4n) is 2.16. The van der Waals surface area contributed by atoms with Crippen molar-refractivity contribution >= 4 is 0 Å². The predicted octanol–water partition coefficient (Wildman–Crippen LogP) is 2.46. The first-order chi connectivity index (χ1) is 9.19. The van der Waals surface area contributed by atoms with Crippen LogP contribution in [0, 0.1) is 5.92 Å². The summed E-state index contributed by atoms with van der Waals surface area (Å²) in [7, 11) is 1.69. The third-order valence-corrected chi connectivity index (χ3v) is 3.15. The molecular formula is C15H28N2O2. The number of hydrogen-bond donors (Lipinski definition) is 1. The van der Waals surface area contributed by atoms with Crippen molar-refractivity contribution in [2.75, 3.05) is 33.5 Å². The molecule has 0 aliphatic heterocycles. The van der Waals surface area contributed by atoms with Gasteiger partial charge >= 0.3 is 0 Å². The van der Waals surface area contributed by atoms with Gasteiger partial charge in [0.25, 0.3) is 0 Å². The first kappa shape index (κ1) is 16.2. The maximum Gasteiger partial charge on any atom is 0.0701 e. The van der Waals surface area contributed by atoms with Crippen molar-refractivity contribution < 1.29 is 9.47 Å². The van der Waals surface area contributed by atoms with Crippen molar-refractivity contribution in [2.45, 2.75) is 33.4 Å². The number of methoxy groups -OCH3 is 1. The van der Waals surface area contributed by atoms with E-state index in [1.807, 2.05) is 0 Å². The molecule has 0 bridgehead atoms. The molecule has 1 unspecified atom stereocenters. The molecule has 110 valence electrons. The molecular weight excluding hydrogens is 240 g/mol. The molecule has 1 aromatic heterocycles. The summed E-state index contributed by atoms with van der Waals surface area (Å²) in [6.45, 7) is 10.6. The summed E-state index contributed by atoms with van der Waals surface area (Å²) in [5, 5.41) is 3.53. The van der Waals surface area contributed by atoms with E-state index in [2.05, 4.69) is 49.1 Å². The van der Waals surface area contributed by atoms with Crippen LogP contribution in [0.15, 0.2) is 18.5 Å². The Morgan fingerprint density at radius 2 is 2.05 bits per heavy atom. The fourth-order valence-corrected chi connectivity index (χ4v) is 2.16. The van der Waals surface area contributed by atoms with Gasteiger partial charge in [0.05, 0.1) is 19.8 Å². The highest BCUT2D eigenvalue weighted by Crippen LogP contribution is 2.21. The highest BCUT2D eigenvalue weighted by Gasteiger charge is 2.15. The Morgan fingerprint density at radius 3 is 2.68 bits per heavy atom. The van der Waals surface area contributed by atoms with E-state index in [0.717, 1.165) is 19.7 Å². The molecule has 1 heterocycles. The summed E-state index contributed by atoms with van der Waals surface area (Å²) < 4.78 is 12.6. The predicted molar refractivity (Wildman–Crippen MR) is 78.4 cm³/mol. The molecule has 0 saturated heterocycles. The number of aromatic nitrogens is 1. The zero-order valence-corrected chi connectivity index (χ0v) is 12.7. The van der Waals surface area contributed by atoms with Crippen LogP contribution in [0.5, 0.6) is 0 Å². The van der Waals surface area contributed by atoms with E-state index in [1.165, 1.54) is 5.56 Å². The fraction of sp³-hybridized carbons (Fsp3) is 0.733. The van der Waals surface area contributed by atoms with E-state index in [9.17, 15) is 0 Å². The number of rotatable bonds is 10. The lowest BCUT2D eigenvalue weighted by molar-refractivity contribution is 0.0666. The number of hydrogen-bond acceptors (Lipinski definition) is 3. The van der Waals surface area contributed by atoms with Gasteiger partial charge in [0.15, 0.2) is 0 Å². The Balaban J connectivity index is 2.42. The molecule has 0 aliphatic carbocycles. The van der Waals surface area contributed by atoms with Gasteiger partial charge in [-0.25, -0.2) is 0 Å². The van der Waals surface area contributed by atoms with Crippen LogP contribution in [-0.2, 0) is 16.0 Å². The second-order valence-corrected chi connectivity index (χ2v) is 5.07. The molecule has 0 fully saturated rings. The largest absolute Gasteiger partial charge is 0.382 e. The van der Waals surface area contributed by atoms with Gasteiger partial charge in [-0.1, -0.05) is 20.8 Å². The Morgan fingerprint density at radius 1 is 1.26 bits per heavy atom. The van der Waals surface area contributed by atoms with E-state index in [1.54, 1.807) is 7.11 Å². The molecule has 0 saturated carbocycles. The van der Waals surface area contributed by atoms with Crippen molar-refractivity contribution in [3.8, 4) is 0 Å². The molecule has 1 aromatic rings. The van der Waals surface area contributed by atoms with Gasteiger partial charge in [0.1, 0.15) is 0 Å². The lowest BCUT2D eigenvalue weighted by Gasteiger charge is -2.20. The standard InChI is InChI=1S/C15H28N2O2/c1-5-16-15(13(2)3)14-6-7-17(12-14)8-9-19-11-10-18-4/h6-7,12-13,15-16H,5,8-11H2,1-4H3. The smallest absolute Gasteiger partial charge is 0.0701 e.